The number of carbonyl (C=O) groups excluding carboxylic acids is 2. The van der Waals surface area contributed by atoms with Crippen LogP contribution in [0.4, 0.5) is 0 Å². The summed E-state index contributed by atoms with van der Waals surface area (Å²) in [7, 11) is 1.96. The van der Waals surface area contributed by atoms with Crippen LogP contribution < -0.4 is 5.73 Å². The van der Waals surface area contributed by atoms with E-state index < -0.39 is 0 Å². The fourth-order valence-electron chi connectivity index (χ4n) is 3.88. The van der Waals surface area contributed by atoms with Crippen molar-refractivity contribution in [3.05, 3.63) is 65.0 Å². The minimum absolute atomic E-state index is 0.0419. The first-order chi connectivity index (χ1) is 16.2. The molecule has 0 saturated heterocycles. The summed E-state index contributed by atoms with van der Waals surface area (Å²) in [5.74, 6) is 0.764. The number of imidazole rings is 1. The van der Waals surface area contributed by atoms with Crippen LogP contribution in [0.3, 0.4) is 0 Å². The van der Waals surface area contributed by atoms with Crippen molar-refractivity contribution in [3.8, 4) is 0 Å². The molecule has 1 heterocycles. The third-order valence-corrected chi connectivity index (χ3v) is 5.61. The Labute approximate surface area is 200 Å². The Balaban J connectivity index is 1.82. The van der Waals surface area contributed by atoms with E-state index in [0.29, 0.717) is 37.2 Å². The first-order valence-corrected chi connectivity index (χ1v) is 11.5. The lowest BCUT2D eigenvalue weighted by Gasteiger charge is -2.24. The number of fused-ring (bicyclic) bond motifs is 1. The maximum absolute atomic E-state index is 13.3. The molecule has 3 aromatic rings. The zero-order valence-corrected chi connectivity index (χ0v) is 20.3. The number of aryl methyl sites for hydroxylation is 1. The molecule has 0 bridgehead atoms. The van der Waals surface area contributed by atoms with E-state index >= 15 is 0 Å². The lowest BCUT2D eigenvalue weighted by Crippen LogP contribution is -2.36. The van der Waals surface area contributed by atoms with Gasteiger partial charge in [-0.3, -0.25) is 15.0 Å². The minimum Gasteiger partial charge on any atom is -0.466 e. The van der Waals surface area contributed by atoms with Crippen molar-refractivity contribution in [2.75, 3.05) is 19.7 Å². The summed E-state index contributed by atoms with van der Waals surface area (Å²) in [5, 5.41) is 7.53. The summed E-state index contributed by atoms with van der Waals surface area (Å²) in [6.45, 7) is 7.06. The fourth-order valence-corrected chi connectivity index (χ4v) is 3.88. The van der Waals surface area contributed by atoms with E-state index in [1.807, 2.05) is 67.9 Å². The third kappa shape index (κ3) is 6.01. The number of amides is 1. The number of aromatic nitrogens is 2. The van der Waals surface area contributed by atoms with Crippen molar-refractivity contribution in [3.63, 3.8) is 0 Å². The van der Waals surface area contributed by atoms with Crippen molar-refractivity contribution in [2.45, 2.75) is 33.6 Å². The van der Waals surface area contributed by atoms with Crippen LogP contribution in [-0.2, 0) is 23.0 Å². The summed E-state index contributed by atoms with van der Waals surface area (Å²) >= 11 is 0. The van der Waals surface area contributed by atoms with Gasteiger partial charge >= 0.3 is 5.97 Å². The zero-order chi connectivity index (χ0) is 24.8. The summed E-state index contributed by atoms with van der Waals surface area (Å²) in [5.41, 5.74) is 9.52. The number of nitrogen functional groups attached to an aromatic ring is 1. The maximum Gasteiger partial charge on any atom is 0.307 e. The molecule has 34 heavy (non-hydrogen) atoms. The zero-order valence-electron chi connectivity index (χ0n) is 20.3. The van der Waals surface area contributed by atoms with E-state index in [-0.39, 0.29) is 30.1 Å². The molecule has 8 heteroatoms. The second kappa shape index (κ2) is 11.0. The monoisotopic (exact) mass is 463 g/mol. The highest BCUT2D eigenvalue weighted by molar-refractivity contribution is 5.97. The highest BCUT2D eigenvalue weighted by Gasteiger charge is 2.20. The number of esters is 1. The molecule has 0 saturated carbocycles. The van der Waals surface area contributed by atoms with Gasteiger partial charge in [0.2, 0.25) is 0 Å². The second-order valence-electron chi connectivity index (χ2n) is 8.78. The summed E-state index contributed by atoms with van der Waals surface area (Å²) in [6, 6.07) is 13.1. The number of hydrogen-bond acceptors (Lipinski definition) is 5. The molecule has 0 aliphatic carbocycles. The SMILES string of the molecule is CCOC(=O)CCN(CC(C)C)C(=O)c1ccc2c(c1)nc(Cc1ccc(C(=N)N)cc1)n2C. The van der Waals surface area contributed by atoms with Crippen molar-refractivity contribution in [1.29, 1.82) is 5.41 Å². The fraction of sp³-hybridized carbons (Fsp3) is 0.385. The number of rotatable bonds is 10. The minimum atomic E-state index is -0.301. The molecular formula is C26H33N5O3. The van der Waals surface area contributed by atoms with Crippen LogP contribution in [0.15, 0.2) is 42.5 Å². The predicted molar refractivity (Wildman–Crippen MR) is 133 cm³/mol. The molecule has 0 atom stereocenters. The van der Waals surface area contributed by atoms with Gasteiger partial charge in [0, 0.05) is 37.7 Å². The van der Waals surface area contributed by atoms with Gasteiger partial charge in [0.25, 0.3) is 5.91 Å². The van der Waals surface area contributed by atoms with E-state index in [2.05, 4.69) is 0 Å². The van der Waals surface area contributed by atoms with Crippen LogP contribution in [-0.4, -0.2) is 51.9 Å². The summed E-state index contributed by atoms with van der Waals surface area (Å²) in [6.07, 6.45) is 0.788. The normalized spacial score (nSPS) is 11.1. The number of carbonyl (C=O) groups is 2. The van der Waals surface area contributed by atoms with Gasteiger partial charge in [-0.15, -0.1) is 0 Å². The molecule has 3 rings (SSSR count). The quantitative estimate of drug-likeness (QED) is 0.271. The molecule has 0 aliphatic rings. The number of nitrogens with two attached hydrogens (primary N) is 1. The van der Waals surface area contributed by atoms with Crippen molar-refractivity contribution < 1.29 is 14.3 Å². The van der Waals surface area contributed by atoms with E-state index in [1.165, 1.54) is 0 Å². The summed E-state index contributed by atoms with van der Waals surface area (Å²) < 4.78 is 7.04. The molecule has 8 nitrogen and oxygen atoms in total. The summed E-state index contributed by atoms with van der Waals surface area (Å²) in [4.78, 5) is 31.6. The van der Waals surface area contributed by atoms with Gasteiger partial charge in [-0.1, -0.05) is 38.1 Å². The number of amidine groups is 1. The van der Waals surface area contributed by atoms with Gasteiger partial charge in [0.05, 0.1) is 24.1 Å². The molecule has 0 radical (unpaired) electrons. The second-order valence-corrected chi connectivity index (χ2v) is 8.78. The van der Waals surface area contributed by atoms with Crippen LogP contribution in [0.5, 0.6) is 0 Å². The lowest BCUT2D eigenvalue weighted by molar-refractivity contribution is -0.143. The largest absolute Gasteiger partial charge is 0.466 e. The Morgan fingerprint density at radius 1 is 1.15 bits per heavy atom. The molecule has 0 spiro atoms. The number of hydrogen-bond donors (Lipinski definition) is 2. The van der Waals surface area contributed by atoms with Crippen molar-refractivity contribution in [1.82, 2.24) is 14.5 Å². The van der Waals surface area contributed by atoms with Crippen LogP contribution >= 0.6 is 0 Å². The molecule has 180 valence electrons. The van der Waals surface area contributed by atoms with Crippen LogP contribution in [0, 0.1) is 11.3 Å². The molecular weight excluding hydrogens is 430 g/mol. The topological polar surface area (TPSA) is 114 Å². The maximum atomic E-state index is 13.3. The number of nitrogens with zero attached hydrogens (tertiary/aromatic N) is 3. The number of nitrogens with one attached hydrogen (secondary N) is 1. The van der Waals surface area contributed by atoms with Gasteiger partial charge in [-0.2, -0.15) is 0 Å². The van der Waals surface area contributed by atoms with Gasteiger partial charge in [0.15, 0.2) is 0 Å². The van der Waals surface area contributed by atoms with Crippen LogP contribution in [0.2, 0.25) is 0 Å². The van der Waals surface area contributed by atoms with E-state index in [0.717, 1.165) is 22.4 Å². The first kappa shape index (κ1) is 25.0. The Kier molecular flexibility index (Phi) is 8.04. The molecule has 3 N–H and O–H groups in total. The highest BCUT2D eigenvalue weighted by Crippen LogP contribution is 2.20. The van der Waals surface area contributed by atoms with Gasteiger partial charge in [-0.05, 0) is 36.6 Å². The van der Waals surface area contributed by atoms with E-state index in [1.54, 1.807) is 11.8 Å². The number of ether oxygens (including phenoxy) is 1. The van der Waals surface area contributed by atoms with Gasteiger partial charge in [0.1, 0.15) is 11.7 Å². The molecule has 0 unspecified atom stereocenters. The Morgan fingerprint density at radius 2 is 1.82 bits per heavy atom. The smallest absolute Gasteiger partial charge is 0.307 e. The van der Waals surface area contributed by atoms with Crippen molar-refractivity contribution in [2.24, 2.45) is 18.7 Å². The Bertz CT molecular complexity index is 1180. The van der Waals surface area contributed by atoms with Crippen LogP contribution in [0.1, 0.15) is 54.5 Å². The molecule has 2 aromatic carbocycles. The average Bonchev–Trinajstić information content (AvgIpc) is 3.11. The van der Waals surface area contributed by atoms with Crippen LogP contribution in [0.25, 0.3) is 11.0 Å². The Hall–Kier alpha value is -3.68. The predicted octanol–water partition coefficient (Wildman–Crippen LogP) is 3.50. The average molecular weight is 464 g/mol. The standard InChI is InChI=1S/C26H33N5O3/c1-5-34-24(32)12-13-31(16-17(2)3)26(33)20-10-11-22-21(15-20)29-23(30(22)4)14-18-6-8-19(9-7-18)25(27)28/h6-11,15,17H,5,12-14,16H2,1-4H3,(H3,27,28). The highest BCUT2D eigenvalue weighted by atomic mass is 16.5. The third-order valence-electron chi connectivity index (χ3n) is 5.61. The van der Waals surface area contributed by atoms with Crippen molar-refractivity contribution >= 4 is 28.7 Å². The molecule has 0 fully saturated rings. The van der Waals surface area contributed by atoms with Gasteiger partial charge in [-0.25, -0.2) is 4.98 Å². The Morgan fingerprint density at radius 3 is 2.44 bits per heavy atom. The lowest BCUT2D eigenvalue weighted by atomic mass is 10.1. The molecule has 0 aliphatic heterocycles. The van der Waals surface area contributed by atoms with E-state index in [4.69, 9.17) is 20.9 Å². The molecule has 1 aromatic heterocycles. The molecule has 1 amide bonds. The van der Waals surface area contributed by atoms with E-state index in [9.17, 15) is 9.59 Å². The number of benzene rings is 2. The van der Waals surface area contributed by atoms with Gasteiger partial charge < -0.3 is 19.9 Å². The first-order valence-electron chi connectivity index (χ1n) is 11.5.